The minimum atomic E-state index is -5.08. The zero-order valence-electron chi connectivity index (χ0n) is 15.6. The third-order valence-electron chi connectivity index (χ3n) is 4.95. The van der Waals surface area contributed by atoms with Gasteiger partial charge >= 0.3 is 12.1 Å². The number of alkyl halides is 3. The number of para-hydroxylation sites is 1. The van der Waals surface area contributed by atoms with Crippen LogP contribution in [-0.2, 0) is 9.59 Å². The summed E-state index contributed by atoms with van der Waals surface area (Å²) in [6, 6.07) is 13.3. The van der Waals surface area contributed by atoms with Gasteiger partial charge in [0.2, 0.25) is 5.91 Å². The van der Waals surface area contributed by atoms with Gasteiger partial charge in [0.15, 0.2) is 0 Å². The fourth-order valence-corrected chi connectivity index (χ4v) is 3.54. The molecule has 7 nitrogen and oxygen atoms in total. The van der Waals surface area contributed by atoms with Crippen molar-refractivity contribution in [2.75, 3.05) is 24.5 Å². The molecule has 4 rings (SSSR count). The molecule has 2 atom stereocenters. The Hall–Kier alpha value is -3.43. The molecule has 0 bridgehead atoms. The predicted octanol–water partition coefficient (Wildman–Crippen LogP) is 2.45. The van der Waals surface area contributed by atoms with E-state index in [2.05, 4.69) is 4.98 Å². The normalized spacial score (nSPS) is 20.4. The van der Waals surface area contributed by atoms with Gasteiger partial charge in [-0.05, 0) is 24.3 Å². The fraction of sp³-hybridized carbons (Fsp3) is 0.300. The van der Waals surface area contributed by atoms with Gasteiger partial charge in [0.25, 0.3) is 5.91 Å². The Morgan fingerprint density at radius 1 is 1.03 bits per heavy atom. The maximum Gasteiger partial charge on any atom is 0.490 e. The molecule has 1 N–H and O–H groups in total. The van der Waals surface area contributed by atoms with Gasteiger partial charge in [-0.25, -0.2) is 4.79 Å². The van der Waals surface area contributed by atoms with Crippen molar-refractivity contribution in [3.8, 4) is 0 Å². The number of halogens is 3. The van der Waals surface area contributed by atoms with Crippen LogP contribution in [0.1, 0.15) is 10.4 Å². The lowest BCUT2D eigenvalue weighted by Gasteiger charge is -2.22. The first-order valence-electron chi connectivity index (χ1n) is 9.04. The van der Waals surface area contributed by atoms with E-state index in [-0.39, 0.29) is 23.7 Å². The Balaban J connectivity index is 0.000000318. The first kappa shape index (κ1) is 21.3. The van der Waals surface area contributed by atoms with E-state index < -0.39 is 12.1 Å². The SMILES string of the molecule is O=C(O)C(F)(F)F.O=C(c1cccnc1)N1C[C@H]2CN(c3ccccc3)C(=O)[C@H]2C1. The summed E-state index contributed by atoms with van der Waals surface area (Å²) in [4.78, 5) is 41.7. The number of carbonyl (C=O) groups is 3. The van der Waals surface area contributed by atoms with Crippen LogP contribution < -0.4 is 4.90 Å². The van der Waals surface area contributed by atoms with Crippen LogP contribution in [0.2, 0.25) is 0 Å². The van der Waals surface area contributed by atoms with Gasteiger partial charge in [0, 0.05) is 43.6 Å². The topological polar surface area (TPSA) is 90.8 Å². The molecule has 0 aliphatic carbocycles. The highest BCUT2D eigenvalue weighted by molar-refractivity contribution is 6.00. The number of carboxylic acids is 1. The monoisotopic (exact) mass is 421 g/mol. The lowest BCUT2D eigenvalue weighted by atomic mass is 10.0. The largest absolute Gasteiger partial charge is 0.490 e. The van der Waals surface area contributed by atoms with E-state index in [1.165, 1.54) is 0 Å². The maximum atomic E-state index is 12.7. The Morgan fingerprint density at radius 3 is 2.23 bits per heavy atom. The van der Waals surface area contributed by atoms with Crippen LogP contribution in [0.4, 0.5) is 18.9 Å². The summed E-state index contributed by atoms with van der Waals surface area (Å²) in [7, 11) is 0. The van der Waals surface area contributed by atoms with Crippen LogP contribution >= 0.6 is 0 Å². The van der Waals surface area contributed by atoms with E-state index >= 15 is 0 Å². The number of likely N-dealkylation sites (tertiary alicyclic amines) is 1. The summed E-state index contributed by atoms with van der Waals surface area (Å²) < 4.78 is 31.7. The number of carbonyl (C=O) groups excluding carboxylic acids is 2. The van der Waals surface area contributed by atoms with Crippen molar-refractivity contribution in [2.24, 2.45) is 11.8 Å². The molecule has 0 spiro atoms. The number of nitrogens with zero attached hydrogens (tertiary/aromatic N) is 3. The summed E-state index contributed by atoms with van der Waals surface area (Å²) in [5, 5.41) is 7.12. The van der Waals surface area contributed by atoms with Crippen molar-refractivity contribution < 1.29 is 32.7 Å². The van der Waals surface area contributed by atoms with Crippen molar-refractivity contribution in [3.05, 3.63) is 60.4 Å². The second-order valence-corrected chi connectivity index (χ2v) is 6.91. The number of carboxylic acid groups (broad SMARTS) is 1. The highest BCUT2D eigenvalue weighted by Gasteiger charge is 2.47. The van der Waals surface area contributed by atoms with E-state index in [0.29, 0.717) is 25.2 Å². The number of rotatable bonds is 2. The molecule has 2 amide bonds. The minimum absolute atomic E-state index is 0.0356. The van der Waals surface area contributed by atoms with Crippen molar-refractivity contribution in [1.29, 1.82) is 0 Å². The highest BCUT2D eigenvalue weighted by Crippen LogP contribution is 2.35. The molecule has 1 aromatic heterocycles. The summed E-state index contributed by atoms with van der Waals surface area (Å²) in [5.74, 6) is -2.54. The number of fused-ring (bicyclic) bond motifs is 1. The maximum absolute atomic E-state index is 12.7. The van der Waals surface area contributed by atoms with E-state index in [1.54, 1.807) is 29.4 Å². The van der Waals surface area contributed by atoms with Crippen LogP contribution in [0.5, 0.6) is 0 Å². The molecule has 3 heterocycles. The lowest BCUT2D eigenvalue weighted by Crippen LogP contribution is -2.35. The number of amides is 2. The van der Waals surface area contributed by atoms with Gasteiger partial charge < -0.3 is 14.9 Å². The smallest absolute Gasteiger partial charge is 0.475 e. The molecule has 2 aliphatic heterocycles. The zero-order valence-corrected chi connectivity index (χ0v) is 15.6. The molecular formula is C20H18F3N3O4. The Bertz CT molecular complexity index is 922. The van der Waals surface area contributed by atoms with Crippen LogP contribution in [0.15, 0.2) is 54.9 Å². The van der Waals surface area contributed by atoms with Crippen molar-refractivity contribution >= 4 is 23.5 Å². The quantitative estimate of drug-likeness (QED) is 0.805. The van der Waals surface area contributed by atoms with Gasteiger partial charge in [-0.15, -0.1) is 0 Å². The summed E-state index contributed by atoms with van der Waals surface area (Å²) in [5.41, 5.74) is 1.52. The number of aromatic nitrogens is 1. The summed E-state index contributed by atoms with van der Waals surface area (Å²) in [6.07, 6.45) is -1.86. The van der Waals surface area contributed by atoms with E-state index in [4.69, 9.17) is 9.90 Å². The second kappa shape index (κ2) is 8.52. The number of pyridine rings is 1. The number of anilines is 1. The van der Waals surface area contributed by atoms with Crippen LogP contribution in [-0.4, -0.2) is 58.6 Å². The number of hydrogen-bond donors (Lipinski definition) is 1. The van der Waals surface area contributed by atoms with Gasteiger partial charge in [-0.1, -0.05) is 18.2 Å². The van der Waals surface area contributed by atoms with Crippen LogP contribution in [0, 0.1) is 11.8 Å². The third kappa shape index (κ3) is 4.58. The Kier molecular flexibility index (Phi) is 6.04. The van der Waals surface area contributed by atoms with E-state index in [0.717, 1.165) is 5.69 Å². The third-order valence-corrected chi connectivity index (χ3v) is 4.95. The Morgan fingerprint density at radius 2 is 1.70 bits per heavy atom. The molecule has 0 unspecified atom stereocenters. The lowest BCUT2D eigenvalue weighted by molar-refractivity contribution is -0.192. The zero-order chi connectivity index (χ0) is 21.9. The molecule has 158 valence electrons. The highest BCUT2D eigenvalue weighted by atomic mass is 19.4. The first-order chi connectivity index (χ1) is 14.2. The van der Waals surface area contributed by atoms with Crippen molar-refractivity contribution in [1.82, 2.24) is 9.88 Å². The first-order valence-corrected chi connectivity index (χ1v) is 9.04. The summed E-state index contributed by atoms with van der Waals surface area (Å²) in [6.45, 7) is 1.82. The second-order valence-electron chi connectivity index (χ2n) is 6.91. The van der Waals surface area contributed by atoms with Crippen LogP contribution in [0.25, 0.3) is 0 Å². The van der Waals surface area contributed by atoms with Gasteiger partial charge in [-0.3, -0.25) is 14.6 Å². The molecule has 2 aliphatic rings. The standard InChI is InChI=1S/C18H17N3O2.C2HF3O2/c22-17(13-5-4-8-19-9-13)20-10-14-11-21(18(23)16(14)12-20)15-6-2-1-3-7-15;3-2(4,5)1(6)7/h1-9,14,16H,10-12H2;(H,6,7)/t14-,16-;/m0./s1. The van der Waals surface area contributed by atoms with Gasteiger partial charge in [-0.2, -0.15) is 13.2 Å². The molecule has 2 aromatic rings. The molecule has 1 aromatic carbocycles. The van der Waals surface area contributed by atoms with E-state index in [9.17, 15) is 22.8 Å². The minimum Gasteiger partial charge on any atom is -0.475 e. The molecule has 0 saturated carbocycles. The average Bonchev–Trinajstić information content (AvgIpc) is 3.28. The Labute approximate surface area is 169 Å². The molecule has 30 heavy (non-hydrogen) atoms. The molecule has 2 fully saturated rings. The number of benzene rings is 1. The number of hydrogen-bond acceptors (Lipinski definition) is 4. The summed E-state index contributed by atoms with van der Waals surface area (Å²) >= 11 is 0. The average molecular weight is 421 g/mol. The van der Waals surface area contributed by atoms with Gasteiger partial charge in [0.1, 0.15) is 0 Å². The molecule has 10 heteroatoms. The fourth-order valence-electron chi connectivity index (χ4n) is 3.54. The predicted molar refractivity (Wildman–Crippen MR) is 99.6 cm³/mol. The number of aliphatic carboxylic acids is 1. The molecular weight excluding hydrogens is 403 g/mol. The molecule has 0 radical (unpaired) electrons. The van der Waals surface area contributed by atoms with Crippen LogP contribution in [0.3, 0.4) is 0 Å². The molecule has 2 saturated heterocycles. The van der Waals surface area contributed by atoms with Crippen molar-refractivity contribution in [2.45, 2.75) is 6.18 Å². The van der Waals surface area contributed by atoms with E-state index in [1.807, 2.05) is 35.2 Å². The van der Waals surface area contributed by atoms with Crippen molar-refractivity contribution in [3.63, 3.8) is 0 Å². The van der Waals surface area contributed by atoms with Gasteiger partial charge in [0.05, 0.1) is 11.5 Å².